The molecule has 0 unspecified atom stereocenters. The quantitative estimate of drug-likeness (QED) is 0.727. The van der Waals surface area contributed by atoms with E-state index < -0.39 is 11.4 Å². The molecule has 1 heterocycles. The molecule has 0 aromatic carbocycles. The monoisotopic (exact) mass is 211 g/mol. The van der Waals surface area contributed by atoms with Gasteiger partial charge in [0.25, 0.3) is 0 Å². The van der Waals surface area contributed by atoms with Crippen molar-refractivity contribution in [1.82, 2.24) is 4.90 Å². The summed E-state index contributed by atoms with van der Waals surface area (Å²) in [6.45, 7) is 9.69. The Kier molecular flexibility index (Phi) is 3.55. The fourth-order valence-electron chi connectivity index (χ4n) is 1.80. The molecule has 1 aliphatic heterocycles. The smallest absolute Gasteiger partial charge is 0.313 e. The summed E-state index contributed by atoms with van der Waals surface area (Å²) >= 11 is 0. The lowest BCUT2D eigenvalue weighted by molar-refractivity contribution is -0.145. The molecule has 3 nitrogen and oxygen atoms in total. The molecule has 0 saturated carbocycles. The predicted octanol–water partition coefficient (Wildman–Crippen LogP) is 2.14. The molecule has 0 aromatic rings. The van der Waals surface area contributed by atoms with Gasteiger partial charge in [0.2, 0.25) is 0 Å². The number of carbonyl (C=O) groups is 1. The van der Waals surface area contributed by atoms with Crippen LogP contribution in [0.15, 0.2) is 11.6 Å². The molecule has 3 heteroatoms. The van der Waals surface area contributed by atoms with Gasteiger partial charge >= 0.3 is 5.97 Å². The van der Waals surface area contributed by atoms with Gasteiger partial charge in [0.1, 0.15) is 0 Å². The van der Waals surface area contributed by atoms with Crippen LogP contribution in [0.5, 0.6) is 0 Å². The van der Waals surface area contributed by atoms with E-state index in [1.165, 1.54) is 0 Å². The van der Waals surface area contributed by atoms with Gasteiger partial charge in [-0.15, -0.1) is 0 Å². The predicted molar refractivity (Wildman–Crippen MR) is 60.8 cm³/mol. The van der Waals surface area contributed by atoms with Gasteiger partial charge in [0.15, 0.2) is 0 Å². The minimum atomic E-state index is -0.737. The molecule has 0 aromatic heterocycles. The van der Waals surface area contributed by atoms with E-state index in [0.717, 1.165) is 25.1 Å². The fourth-order valence-corrected chi connectivity index (χ4v) is 1.80. The van der Waals surface area contributed by atoms with Gasteiger partial charge in [-0.05, 0) is 39.7 Å². The summed E-state index contributed by atoms with van der Waals surface area (Å²) in [6, 6.07) is 0.485. The first kappa shape index (κ1) is 12.2. The van der Waals surface area contributed by atoms with Gasteiger partial charge in [0, 0.05) is 19.1 Å². The van der Waals surface area contributed by atoms with E-state index in [1.807, 2.05) is 0 Å². The maximum atomic E-state index is 11.1. The van der Waals surface area contributed by atoms with Crippen LogP contribution in [-0.4, -0.2) is 35.1 Å². The molecule has 0 bridgehead atoms. The van der Waals surface area contributed by atoms with E-state index in [9.17, 15) is 4.79 Å². The maximum Gasteiger partial charge on any atom is 0.313 e. The van der Waals surface area contributed by atoms with Gasteiger partial charge in [0.05, 0.1) is 5.41 Å². The molecular formula is C12H21NO2. The minimum absolute atomic E-state index is 0.485. The van der Waals surface area contributed by atoms with Crippen molar-refractivity contribution in [1.29, 1.82) is 0 Å². The summed E-state index contributed by atoms with van der Waals surface area (Å²) in [5.74, 6) is -0.737. The minimum Gasteiger partial charge on any atom is -0.481 e. The van der Waals surface area contributed by atoms with E-state index in [2.05, 4.69) is 24.8 Å². The third-order valence-electron chi connectivity index (χ3n) is 3.25. The van der Waals surface area contributed by atoms with Crippen LogP contribution < -0.4 is 0 Å². The van der Waals surface area contributed by atoms with Crippen molar-refractivity contribution in [3.05, 3.63) is 11.6 Å². The Balaban J connectivity index is 2.80. The van der Waals surface area contributed by atoms with Gasteiger partial charge in [-0.25, -0.2) is 0 Å². The van der Waals surface area contributed by atoms with Gasteiger partial charge in [-0.2, -0.15) is 0 Å². The standard InChI is InChI=1S/C12H21NO2/c1-9(2)13-7-5-6-10(8-13)12(3,4)11(14)15/h6,9H,5,7-8H2,1-4H3,(H,14,15). The van der Waals surface area contributed by atoms with Crippen LogP contribution in [0.2, 0.25) is 0 Å². The van der Waals surface area contributed by atoms with E-state index in [1.54, 1.807) is 13.8 Å². The Bertz CT molecular complexity index is 279. The Morgan fingerprint density at radius 1 is 1.53 bits per heavy atom. The summed E-state index contributed by atoms with van der Waals surface area (Å²) in [5.41, 5.74) is 0.308. The van der Waals surface area contributed by atoms with Crippen LogP contribution in [-0.2, 0) is 4.79 Å². The van der Waals surface area contributed by atoms with Crippen LogP contribution >= 0.6 is 0 Å². The maximum absolute atomic E-state index is 11.1. The normalized spacial score (nSPS) is 19.1. The van der Waals surface area contributed by atoms with Crippen molar-refractivity contribution in [2.75, 3.05) is 13.1 Å². The first-order chi connectivity index (χ1) is 6.85. The van der Waals surface area contributed by atoms with E-state index in [-0.39, 0.29) is 0 Å². The molecule has 1 rings (SSSR count). The summed E-state index contributed by atoms with van der Waals surface area (Å²) in [7, 11) is 0. The van der Waals surface area contributed by atoms with E-state index in [4.69, 9.17) is 5.11 Å². The van der Waals surface area contributed by atoms with Crippen molar-refractivity contribution in [2.45, 2.75) is 40.2 Å². The first-order valence-corrected chi connectivity index (χ1v) is 5.52. The second-order valence-corrected chi connectivity index (χ2v) is 5.01. The summed E-state index contributed by atoms with van der Waals surface area (Å²) in [5, 5.41) is 9.16. The largest absolute Gasteiger partial charge is 0.481 e. The third kappa shape index (κ3) is 2.59. The molecule has 0 fully saturated rings. The number of aliphatic carboxylic acids is 1. The Morgan fingerprint density at radius 3 is 2.60 bits per heavy atom. The molecule has 1 N–H and O–H groups in total. The Labute approximate surface area is 91.8 Å². The molecule has 0 atom stereocenters. The summed E-state index contributed by atoms with van der Waals surface area (Å²) in [4.78, 5) is 13.5. The number of carboxylic acid groups (broad SMARTS) is 1. The van der Waals surface area contributed by atoms with Crippen LogP contribution in [0.1, 0.15) is 34.1 Å². The lowest BCUT2D eigenvalue weighted by atomic mass is 9.82. The number of rotatable bonds is 3. The summed E-state index contributed by atoms with van der Waals surface area (Å²) < 4.78 is 0. The topological polar surface area (TPSA) is 40.5 Å². The van der Waals surface area contributed by atoms with Crippen molar-refractivity contribution < 1.29 is 9.90 Å². The lowest BCUT2D eigenvalue weighted by Crippen LogP contribution is -2.41. The zero-order valence-corrected chi connectivity index (χ0v) is 10.1. The highest BCUT2D eigenvalue weighted by Gasteiger charge is 2.33. The highest BCUT2D eigenvalue weighted by molar-refractivity contribution is 5.77. The second-order valence-electron chi connectivity index (χ2n) is 5.01. The number of nitrogens with zero attached hydrogens (tertiary/aromatic N) is 1. The van der Waals surface area contributed by atoms with Crippen molar-refractivity contribution in [2.24, 2.45) is 5.41 Å². The molecule has 0 saturated heterocycles. The van der Waals surface area contributed by atoms with E-state index >= 15 is 0 Å². The Morgan fingerprint density at radius 2 is 2.13 bits per heavy atom. The molecule has 86 valence electrons. The van der Waals surface area contributed by atoms with Crippen molar-refractivity contribution in [3.8, 4) is 0 Å². The summed E-state index contributed by atoms with van der Waals surface area (Å²) in [6.07, 6.45) is 3.05. The molecule has 1 aliphatic rings. The first-order valence-electron chi connectivity index (χ1n) is 5.52. The van der Waals surface area contributed by atoms with E-state index in [0.29, 0.717) is 6.04 Å². The van der Waals surface area contributed by atoms with Crippen LogP contribution in [0.25, 0.3) is 0 Å². The number of hydrogen-bond acceptors (Lipinski definition) is 2. The lowest BCUT2D eigenvalue weighted by Gasteiger charge is -2.35. The zero-order chi connectivity index (χ0) is 11.6. The molecule has 0 amide bonds. The molecule has 15 heavy (non-hydrogen) atoms. The fraction of sp³-hybridized carbons (Fsp3) is 0.750. The average Bonchev–Trinajstić information content (AvgIpc) is 2.17. The molecular weight excluding hydrogens is 190 g/mol. The Hall–Kier alpha value is -0.830. The third-order valence-corrected chi connectivity index (χ3v) is 3.25. The van der Waals surface area contributed by atoms with Gasteiger partial charge < -0.3 is 5.11 Å². The zero-order valence-electron chi connectivity index (χ0n) is 10.1. The molecule has 0 aliphatic carbocycles. The molecule has 0 radical (unpaired) electrons. The van der Waals surface area contributed by atoms with Gasteiger partial charge in [-0.1, -0.05) is 6.08 Å². The highest BCUT2D eigenvalue weighted by Crippen LogP contribution is 2.30. The molecule has 0 spiro atoms. The van der Waals surface area contributed by atoms with Crippen LogP contribution in [0, 0.1) is 5.41 Å². The van der Waals surface area contributed by atoms with Gasteiger partial charge in [-0.3, -0.25) is 9.69 Å². The second kappa shape index (κ2) is 4.35. The van der Waals surface area contributed by atoms with Crippen LogP contribution in [0.4, 0.5) is 0 Å². The van der Waals surface area contributed by atoms with Crippen molar-refractivity contribution in [3.63, 3.8) is 0 Å². The average molecular weight is 211 g/mol. The van der Waals surface area contributed by atoms with Crippen molar-refractivity contribution >= 4 is 5.97 Å². The SMILES string of the molecule is CC(C)N1CCC=C(C(C)(C)C(=O)O)C1. The van der Waals surface area contributed by atoms with Crippen LogP contribution in [0.3, 0.4) is 0 Å². The highest BCUT2D eigenvalue weighted by atomic mass is 16.4. The number of carboxylic acids is 1. The number of hydrogen-bond donors (Lipinski definition) is 1.